The first-order valence-corrected chi connectivity index (χ1v) is 5.99. The van der Waals surface area contributed by atoms with Crippen molar-refractivity contribution in [3.05, 3.63) is 35.7 Å². The van der Waals surface area contributed by atoms with Crippen LogP contribution in [0.15, 0.2) is 24.5 Å². The van der Waals surface area contributed by atoms with Gasteiger partial charge in [0.2, 0.25) is 5.91 Å². The summed E-state index contributed by atoms with van der Waals surface area (Å²) in [6.45, 7) is 0.399. The van der Waals surface area contributed by atoms with E-state index < -0.39 is 5.97 Å². The Kier molecular flexibility index (Phi) is 4.09. The average molecular weight is 275 g/mol. The van der Waals surface area contributed by atoms with Gasteiger partial charge in [0.15, 0.2) is 0 Å². The molecule has 20 heavy (non-hydrogen) atoms. The molecule has 104 valence electrons. The monoisotopic (exact) mass is 275 g/mol. The minimum atomic E-state index is -1.11. The topological polar surface area (TPSA) is 108 Å². The number of nitrogens with zero attached hydrogens (tertiary/aromatic N) is 1. The summed E-state index contributed by atoms with van der Waals surface area (Å²) in [7, 11) is 0. The molecule has 0 aliphatic carbocycles. The third-order valence-electron chi connectivity index (χ3n) is 2.81. The summed E-state index contributed by atoms with van der Waals surface area (Å²) >= 11 is 0. The van der Waals surface area contributed by atoms with Crippen LogP contribution < -0.4 is 10.6 Å². The maximum absolute atomic E-state index is 12.1. The standard InChI is InChI=1S/C13H13N3O4/c17-11-5-9(7-15-11)16-13(20)10-3-4-14-6-8(10)1-2-12(18)19/h1-4,6,9H,5,7H2,(H,15,17)(H,16,20)(H,18,19)/b2-1+. The summed E-state index contributed by atoms with van der Waals surface area (Å²) < 4.78 is 0. The molecule has 1 aromatic rings. The van der Waals surface area contributed by atoms with Gasteiger partial charge in [0.25, 0.3) is 5.91 Å². The SMILES string of the molecule is O=C(O)/C=C/c1cnccc1C(=O)NC1CNC(=O)C1. The fraction of sp³-hybridized carbons (Fsp3) is 0.231. The van der Waals surface area contributed by atoms with E-state index in [0.717, 1.165) is 6.08 Å². The van der Waals surface area contributed by atoms with Crippen LogP contribution in [0, 0.1) is 0 Å². The zero-order chi connectivity index (χ0) is 14.5. The summed E-state index contributed by atoms with van der Waals surface area (Å²) in [5, 5.41) is 14.0. The first-order valence-electron chi connectivity index (χ1n) is 5.99. The molecule has 0 bridgehead atoms. The molecule has 7 nitrogen and oxygen atoms in total. The van der Waals surface area contributed by atoms with Crippen LogP contribution in [0.25, 0.3) is 6.08 Å². The van der Waals surface area contributed by atoms with E-state index in [1.54, 1.807) is 0 Å². The van der Waals surface area contributed by atoms with Gasteiger partial charge in [0.1, 0.15) is 0 Å². The molecule has 1 unspecified atom stereocenters. The van der Waals surface area contributed by atoms with Crippen LogP contribution in [0.5, 0.6) is 0 Å². The molecule has 1 atom stereocenters. The molecular weight excluding hydrogens is 262 g/mol. The van der Waals surface area contributed by atoms with E-state index in [2.05, 4.69) is 15.6 Å². The first kappa shape index (κ1) is 13.7. The van der Waals surface area contributed by atoms with Gasteiger partial charge in [-0.15, -0.1) is 0 Å². The number of pyridine rings is 1. The first-order chi connectivity index (χ1) is 9.56. The number of rotatable bonds is 4. The number of amides is 2. The Hall–Kier alpha value is -2.70. The van der Waals surface area contributed by atoms with Gasteiger partial charge in [0.05, 0.1) is 6.04 Å². The molecule has 3 N–H and O–H groups in total. The van der Waals surface area contributed by atoms with E-state index in [1.165, 1.54) is 24.5 Å². The second kappa shape index (κ2) is 5.96. The van der Waals surface area contributed by atoms with Crippen LogP contribution in [0.2, 0.25) is 0 Å². The summed E-state index contributed by atoms with van der Waals surface area (Å²) in [5.41, 5.74) is 0.724. The molecule has 2 amide bonds. The Morgan fingerprint density at radius 2 is 2.30 bits per heavy atom. The van der Waals surface area contributed by atoms with Crippen molar-refractivity contribution in [2.24, 2.45) is 0 Å². The van der Waals surface area contributed by atoms with Crippen molar-refractivity contribution < 1.29 is 19.5 Å². The molecule has 1 fully saturated rings. The van der Waals surface area contributed by atoms with Crippen LogP contribution in [0.4, 0.5) is 0 Å². The molecule has 0 saturated carbocycles. The lowest BCUT2D eigenvalue weighted by Crippen LogP contribution is -2.36. The third kappa shape index (κ3) is 3.41. The van der Waals surface area contributed by atoms with Gasteiger partial charge in [-0.05, 0) is 12.1 Å². The summed E-state index contributed by atoms with van der Waals surface area (Å²) in [4.78, 5) is 37.6. The van der Waals surface area contributed by atoms with Crippen LogP contribution in [0.3, 0.4) is 0 Å². The molecule has 0 spiro atoms. The normalized spacial score (nSPS) is 18.0. The number of carbonyl (C=O) groups is 3. The Morgan fingerprint density at radius 3 is 2.95 bits per heavy atom. The highest BCUT2D eigenvalue weighted by Gasteiger charge is 2.23. The molecule has 2 rings (SSSR count). The van der Waals surface area contributed by atoms with Gasteiger partial charge in [-0.3, -0.25) is 14.6 Å². The van der Waals surface area contributed by atoms with Gasteiger partial charge < -0.3 is 15.7 Å². The highest BCUT2D eigenvalue weighted by Crippen LogP contribution is 2.10. The minimum Gasteiger partial charge on any atom is -0.478 e. The quantitative estimate of drug-likeness (QED) is 0.659. The van der Waals surface area contributed by atoms with Crippen molar-refractivity contribution in [2.75, 3.05) is 6.54 Å². The number of carboxylic acid groups (broad SMARTS) is 1. The second-order valence-electron chi connectivity index (χ2n) is 4.31. The Bertz CT molecular complexity index is 583. The smallest absolute Gasteiger partial charge is 0.328 e. The number of carbonyl (C=O) groups excluding carboxylic acids is 2. The molecular formula is C13H13N3O4. The van der Waals surface area contributed by atoms with Crippen molar-refractivity contribution in [3.63, 3.8) is 0 Å². The van der Waals surface area contributed by atoms with Gasteiger partial charge in [0, 0.05) is 42.6 Å². The molecule has 0 aromatic carbocycles. The Balaban J connectivity index is 2.13. The summed E-state index contributed by atoms with van der Waals surface area (Å²) in [5.74, 6) is -1.57. The lowest BCUT2D eigenvalue weighted by atomic mass is 10.1. The molecule has 1 aliphatic rings. The van der Waals surface area contributed by atoms with E-state index >= 15 is 0 Å². The molecule has 1 aliphatic heterocycles. The van der Waals surface area contributed by atoms with E-state index in [4.69, 9.17) is 5.11 Å². The van der Waals surface area contributed by atoms with E-state index in [-0.39, 0.29) is 24.3 Å². The van der Waals surface area contributed by atoms with E-state index in [0.29, 0.717) is 17.7 Å². The third-order valence-corrected chi connectivity index (χ3v) is 2.81. The van der Waals surface area contributed by atoms with Gasteiger partial charge in [-0.1, -0.05) is 0 Å². The molecule has 1 saturated heterocycles. The number of hydrogen-bond donors (Lipinski definition) is 3. The van der Waals surface area contributed by atoms with Crippen LogP contribution >= 0.6 is 0 Å². The highest BCUT2D eigenvalue weighted by molar-refractivity contribution is 5.99. The fourth-order valence-electron chi connectivity index (χ4n) is 1.88. The summed E-state index contributed by atoms with van der Waals surface area (Å²) in [6, 6.07) is 1.25. The van der Waals surface area contributed by atoms with Crippen molar-refractivity contribution in [1.82, 2.24) is 15.6 Å². The number of nitrogens with one attached hydrogen (secondary N) is 2. The largest absolute Gasteiger partial charge is 0.478 e. The van der Waals surface area contributed by atoms with Crippen molar-refractivity contribution >= 4 is 23.9 Å². The molecule has 1 aromatic heterocycles. The Labute approximate surface area is 114 Å². The average Bonchev–Trinajstić information content (AvgIpc) is 2.82. The maximum Gasteiger partial charge on any atom is 0.328 e. The molecule has 7 heteroatoms. The number of aromatic nitrogens is 1. The number of hydrogen-bond acceptors (Lipinski definition) is 4. The fourth-order valence-corrected chi connectivity index (χ4v) is 1.88. The van der Waals surface area contributed by atoms with Crippen molar-refractivity contribution in [3.8, 4) is 0 Å². The predicted octanol–water partition coefficient (Wildman–Crippen LogP) is -0.202. The zero-order valence-corrected chi connectivity index (χ0v) is 10.5. The van der Waals surface area contributed by atoms with Gasteiger partial charge in [-0.2, -0.15) is 0 Å². The molecule has 0 radical (unpaired) electrons. The Morgan fingerprint density at radius 1 is 1.50 bits per heavy atom. The second-order valence-corrected chi connectivity index (χ2v) is 4.31. The lowest BCUT2D eigenvalue weighted by molar-refractivity contribution is -0.131. The molecule has 2 heterocycles. The zero-order valence-electron chi connectivity index (χ0n) is 10.5. The maximum atomic E-state index is 12.1. The lowest BCUT2D eigenvalue weighted by Gasteiger charge is -2.11. The van der Waals surface area contributed by atoms with Gasteiger partial charge >= 0.3 is 5.97 Å². The van der Waals surface area contributed by atoms with Crippen molar-refractivity contribution in [2.45, 2.75) is 12.5 Å². The predicted molar refractivity (Wildman–Crippen MR) is 69.8 cm³/mol. The van der Waals surface area contributed by atoms with E-state index in [9.17, 15) is 14.4 Å². The van der Waals surface area contributed by atoms with Crippen molar-refractivity contribution in [1.29, 1.82) is 0 Å². The number of aliphatic carboxylic acids is 1. The van der Waals surface area contributed by atoms with E-state index in [1.807, 2.05) is 0 Å². The van der Waals surface area contributed by atoms with Crippen LogP contribution in [-0.4, -0.2) is 40.5 Å². The number of carboxylic acids is 1. The minimum absolute atomic E-state index is 0.101. The van der Waals surface area contributed by atoms with Crippen LogP contribution in [0.1, 0.15) is 22.3 Å². The van der Waals surface area contributed by atoms with Gasteiger partial charge in [-0.25, -0.2) is 4.79 Å². The van der Waals surface area contributed by atoms with Crippen LogP contribution in [-0.2, 0) is 9.59 Å². The highest BCUT2D eigenvalue weighted by atomic mass is 16.4. The summed E-state index contributed by atoms with van der Waals surface area (Å²) in [6.07, 6.45) is 5.35.